The predicted molar refractivity (Wildman–Crippen MR) is 104 cm³/mol. The predicted octanol–water partition coefficient (Wildman–Crippen LogP) is 4.02. The van der Waals surface area contributed by atoms with E-state index in [4.69, 9.17) is 4.74 Å². The van der Waals surface area contributed by atoms with Crippen molar-refractivity contribution in [1.82, 2.24) is 14.5 Å². The number of pyridine rings is 1. The van der Waals surface area contributed by atoms with Crippen molar-refractivity contribution >= 4 is 29.4 Å². The molecule has 1 aliphatic heterocycles. The third kappa shape index (κ3) is 3.27. The molecule has 26 heavy (non-hydrogen) atoms. The zero-order valence-corrected chi connectivity index (χ0v) is 15.5. The zero-order valence-electron chi connectivity index (χ0n) is 14.7. The first kappa shape index (κ1) is 18.3. The van der Waals surface area contributed by atoms with Crippen molar-refractivity contribution in [1.29, 1.82) is 0 Å². The molecule has 1 aliphatic rings. The Hall–Kier alpha value is -2.53. The van der Waals surface area contributed by atoms with Crippen LogP contribution in [0, 0.1) is 0 Å². The summed E-state index contributed by atoms with van der Waals surface area (Å²) in [5.74, 6) is 0. The van der Waals surface area contributed by atoms with E-state index in [0.29, 0.717) is 19.7 Å². The van der Waals surface area contributed by atoms with Crippen LogP contribution in [-0.2, 0) is 24.2 Å². The molecule has 1 aromatic carbocycles. The smallest absolute Gasteiger partial charge is 0.410 e. The number of amides is 1. The van der Waals surface area contributed by atoms with Gasteiger partial charge in [-0.1, -0.05) is 24.3 Å². The van der Waals surface area contributed by atoms with Gasteiger partial charge in [-0.05, 0) is 25.1 Å². The number of hydrogen-bond acceptors (Lipinski definition) is 3. The molecule has 0 N–H and O–H groups in total. The van der Waals surface area contributed by atoms with Gasteiger partial charge in [-0.15, -0.1) is 12.4 Å². The van der Waals surface area contributed by atoms with Gasteiger partial charge in [-0.2, -0.15) is 0 Å². The van der Waals surface area contributed by atoms with Crippen LogP contribution in [-0.4, -0.2) is 33.7 Å². The maximum Gasteiger partial charge on any atom is 0.410 e. The summed E-state index contributed by atoms with van der Waals surface area (Å²) in [5, 5.41) is 1.21. The molecule has 0 radical (unpaired) electrons. The molecular weight excluding hydrogens is 350 g/mol. The number of fused-ring (bicyclic) bond motifs is 3. The van der Waals surface area contributed by atoms with Crippen LogP contribution in [0.1, 0.15) is 23.9 Å². The maximum atomic E-state index is 12.1. The average molecular weight is 372 g/mol. The number of ether oxygens (including phenoxy) is 1. The number of para-hydroxylation sites is 1. The standard InChI is InChI=1S/C20H21N3O2.ClH/c1-2-25-20(24)22-12-10-19-17(14-22)16-8-3-4-9-18(16)23(19)13-15-7-5-6-11-21-15;/h3-9,11H,2,10,12-14H2,1H3;1H. The summed E-state index contributed by atoms with van der Waals surface area (Å²) >= 11 is 0. The Balaban J connectivity index is 0.00000196. The Kier molecular flexibility index (Phi) is 5.47. The third-order valence-electron chi connectivity index (χ3n) is 4.73. The van der Waals surface area contributed by atoms with E-state index < -0.39 is 0 Å². The number of nitrogens with zero attached hydrogens (tertiary/aromatic N) is 3. The molecule has 0 unspecified atom stereocenters. The Bertz CT molecular complexity index is 908. The fraction of sp³-hybridized carbons (Fsp3) is 0.300. The van der Waals surface area contributed by atoms with Crippen molar-refractivity contribution in [3.8, 4) is 0 Å². The lowest BCUT2D eigenvalue weighted by molar-refractivity contribution is 0.102. The molecule has 0 saturated heterocycles. The second-order valence-electron chi connectivity index (χ2n) is 6.22. The van der Waals surface area contributed by atoms with E-state index in [1.54, 1.807) is 4.90 Å². The van der Waals surface area contributed by atoms with Gasteiger partial charge in [0.15, 0.2) is 0 Å². The summed E-state index contributed by atoms with van der Waals surface area (Å²) in [6.45, 7) is 4.28. The quantitative estimate of drug-likeness (QED) is 0.698. The highest BCUT2D eigenvalue weighted by molar-refractivity contribution is 5.86. The Labute approximate surface area is 159 Å². The molecule has 5 nitrogen and oxygen atoms in total. The minimum Gasteiger partial charge on any atom is -0.450 e. The lowest BCUT2D eigenvalue weighted by atomic mass is 10.0. The van der Waals surface area contributed by atoms with Crippen LogP contribution in [0.5, 0.6) is 0 Å². The summed E-state index contributed by atoms with van der Waals surface area (Å²) in [6.07, 6.45) is 2.43. The largest absolute Gasteiger partial charge is 0.450 e. The molecule has 0 fully saturated rings. The van der Waals surface area contributed by atoms with Crippen molar-refractivity contribution in [2.45, 2.75) is 26.4 Å². The highest BCUT2D eigenvalue weighted by Gasteiger charge is 2.27. The van der Waals surface area contributed by atoms with E-state index in [9.17, 15) is 4.79 Å². The Morgan fingerprint density at radius 2 is 2.00 bits per heavy atom. The average Bonchev–Trinajstić information content (AvgIpc) is 2.96. The number of halogens is 1. The topological polar surface area (TPSA) is 47.4 Å². The number of carbonyl (C=O) groups excluding carboxylic acids is 1. The normalized spacial score (nSPS) is 13.2. The fourth-order valence-corrected chi connectivity index (χ4v) is 3.61. The minimum absolute atomic E-state index is 0. The van der Waals surface area contributed by atoms with Gasteiger partial charge in [0.05, 0.1) is 25.4 Å². The van der Waals surface area contributed by atoms with E-state index in [0.717, 1.165) is 18.7 Å². The lowest BCUT2D eigenvalue weighted by Crippen LogP contribution is -2.36. The van der Waals surface area contributed by atoms with Crippen LogP contribution in [0.4, 0.5) is 4.79 Å². The van der Waals surface area contributed by atoms with Crippen LogP contribution in [0.15, 0.2) is 48.7 Å². The van der Waals surface area contributed by atoms with Crippen molar-refractivity contribution in [3.05, 3.63) is 65.6 Å². The lowest BCUT2D eigenvalue weighted by Gasteiger charge is -2.27. The van der Waals surface area contributed by atoms with Crippen molar-refractivity contribution in [2.75, 3.05) is 13.2 Å². The second kappa shape index (κ2) is 7.79. The molecule has 3 aromatic rings. The van der Waals surface area contributed by atoms with Gasteiger partial charge < -0.3 is 14.2 Å². The van der Waals surface area contributed by atoms with Gasteiger partial charge in [-0.25, -0.2) is 4.79 Å². The van der Waals surface area contributed by atoms with Gasteiger partial charge in [-0.3, -0.25) is 4.98 Å². The second-order valence-corrected chi connectivity index (χ2v) is 6.22. The number of hydrogen-bond donors (Lipinski definition) is 0. The molecular formula is C20H22ClN3O2. The van der Waals surface area contributed by atoms with Gasteiger partial charge in [0, 0.05) is 41.3 Å². The number of aromatic nitrogens is 2. The van der Waals surface area contributed by atoms with Crippen LogP contribution >= 0.6 is 12.4 Å². The number of benzene rings is 1. The summed E-state index contributed by atoms with van der Waals surface area (Å²) < 4.78 is 7.52. The number of rotatable bonds is 3. The summed E-state index contributed by atoms with van der Waals surface area (Å²) in [6, 6.07) is 14.4. The molecule has 0 atom stereocenters. The van der Waals surface area contributed by atoms with Crippen molar-refractivity contribution in [2.24, 2.45) is 0 Å². The molecule has 0 bridgehead atoms. The molecule has 4 rings (SSSR count). The molecule has 0 saturated carbocycles. The Morgan fingerprint density at radius 1 is 1.19 bits per heavy atom. The molecule has 136 valence electrons. The van der Waals surface area contributed by atoms with Gasteiger partial charge in [0.2, 0.25) is 0 Å². The SMILES string of the molecule is CCOC(=O)N1CCc2c(c3ccccc3n2Cc2ccccn2)C1.Cl. The van der Waals surface area contributed by atoms with Crippen molar-refractivity contribution in [3.63, 3.8) is 0 Å². The first-order valence-corrected chi connectivity index (χ1v) is 8.68. The highest BCUT2D eigenvalue weighted by Crippen LogP contribution is 2.31. The number of carbonyl (C=O) groups is 1. The fourth-order valence-electron chi connectivity index (χ4n) is 3.61. The van der Waals surface area contributed by atoms with Gasteiger partial charge >= 0.3 is 6.09 Å². The summed E-state index contributed by atoms with van der Waals surface area (Å²) in [5.41, 5.74) is 4.76. The minimum atomic E-state index is -0.227. The van der Waals surface area contributed by atoms with E-state index in [1.807, 2.05) is 25.3 Å². The molecule has 0 aliphatic carbocycles. The van der Waals surface area contributed by atoms with Crippen LogP contribution < -0.4 is 0 Å². The summed E-state index contributed by atoms with van der Waals surface area (Å²) in [7, 11) is 0. The Morgan fingerprint density at radius 3 is 2.77 bits per heavy atom. The molecule has 1 amide bonds. The zero-order chi connectivity index (χ0) is 17.2. The van der Waals surface area contributed by atoms with Crippen LogP contribution in [0.2, 0.25) is 0 Å². The van der Waals surface area contributed by atoms with E-state index in [1.165, 1.54) is 22.2 Å². The molecule has 3 heterocycles. The first-order chi connectivity index (χ1) is 12.3. The molecule has 2 aromatic heterocycles. The van der Waals surface area contributed by atoms with Gasteiger partial charge in [0.1, 0.15) is 0 Å². The first-order valence-electron chi connectivity index (χ1n) is 8.68. The van der Waals surface area contributed by atoms with Crippen molar-refractivity contribution < 1.29 is 9.53 Å². The van der Waals surface area contributed by atoms with Crippen LogP contribution in [0.25, 0.3) is 10.9 Å². The molecule has 0 spiro atoms. The maximum absolute atomic E-state index is 12.1. The van der Waals surface area contributed by atoms with E-state index >= 15 is 0 Å². The van der Waals surface area contributed by atoms with Crippen LogP contribution in [0.3, 0.4) is 0 Å². The third-order valence-corrected chi connectivity index (χ3v) is 4.73. The van der Waals surface area contributed by atoms with E-state index in [2.05, 4.69) is 39.9 Å². The summed E-state index contributed by atoms with van der Waals surface area (Å²) in [4.78, 5) is 18.4. The molecule has 6 heteroatoms. The highest BCUT2D eigenvalue weighted by atomic mass is 35.5. The van der Waals surface area contributed by atoms with E-state index in [-0.39, 0.29) is 18.5 Å². The monoisotopic (exact) mass is 371 g/mol. The van der Waals surface area contributed by atoms with Gasteiger partial charge in [0.25, 0.3) is 0 Å².